The number of carbonyl (C=O) groups is 1. The Morgan fingerprint density at radius 2 is 1.83 bits per heavy atom. The maximum absolute atomic E-state index is 12.2. The van der Waals surface area contributed by atoms with Gasteiger partial charge in [-0.3, -0.25) is 4.79 Å². The van der Waals surface area contributed by atoms with Crippen LogP contribution < -0.4 is 10.2 Å². The minimum atomic E-state index is -0.168. The minimum Gasteiger partial charge on any atom is -0.459 e. The second kappa shape index (κ2) is 6.57. The normalized spacial score (nSPS) is 12.1. The van der Waals surface area contributed by atoms with Gasteiger partial charge in [-0.2, -0.15) is 0 Å². The molecule has 3 rings (SSSR count). The van der Waals surface area contributed by atoms with Crippen LogP contribution in [-0.4, -0.2) is 19.5 Å². The summed E-state index contributed by atoms with van der Waals surface area (Å²) < 4.78 is 5.79. The van der Waals surface area contributed by atoms with Crippen molar-refractivity contribution < 1.29 is 9.21 Å². The molecule has 0 aliphatic carbocycles. The molecule has 23 heavy (non-hydrogen) atoms. The number of furan rings is 1. The summed E-state index contributed by atoms with van der Waals surface area (Å²) >= 11 is 0. The van der Waals surface area contributed by atoms with Gasteiger partial charge in [0, 0.05) is 18.1 Å². The van der Waals surface area contributed by atoms with Crippen molar-refractivity contribution in [2.24, 2.45) is 0 Å². The van der Waals surface area contributed by atoms with E-state index in [2.05, 4.69) is 5.32 Å². The molecule has 0 aliphatic rings. The molecule has 1 amide bonds. The van der Waals surface area contributed by atoms with Gasteiger partial charge in [0.1, 0.15) is 11.3 Å². The molecule has 0 unspecified atom stereocenters. The lowest BCUT2D eigenvalue weighted by Crippen LogP contribution is -2.36. The Balaban J connectivity index is 1.63. The molecule has 0 saturated carbocycles. The third-order valence-corrected chi connectivity index (χ3v) is 3.83. The number of para-hydroxylation sites is 2. The Morgan fingerprint density at radius 1 is 1.13 bits per heavy atom. The molecule has 1 aromatic heterocycles. The van der Waals surface area contributed by atoms with Crippen LogP contribution in [0.3, 0.4) is 0 Å². The van der Waals surface area contributed by atoms with Crippen LogP contribution in [0.2, 0.25) is 0 Å². The summed E-state index contributed by atoms with van der Waals surface area (Å²) in [5, 5.41) is 4.03. The van der Waals surface area contributed by atoms with Crippen molar-refractivity contribution in [1.82, 2.24) is 5.32 Å². The first kappa shape index (κ1) is 15.2. The first-order chi connectivity index (χ1) is 11.1. The van der Waals surface area contributed by atoms with E-state index < -0.39 is 0 Å². The molecule has 1 atom stereocenters. The third kappa shape index (κ3) is 3.54. The summed E-state index contributed by atoms with van der Waals surface area (Å²) in [4.78, 5) is 14.1. The average Bonchev–Trinajstić information content (AvgIpc) is 2.99. The zero-order valence-corrected chi connectivity index (χ0v) is 13.3. The Labute approximate surface area is 135 Å². The fourth-order valence-electron chi connectivity index (χ4n) is 2.56. The summed E-state index contributed by atoms with van der Waals surface area (Å²) in [5.41, 5.74) is 1.85. The van der Waals surface area contributed by atoms with Crippen molar-refractivity contribution in [2.45, 2.75) is 13.0 Å². The van der Waals surface area contributed by atoms with Crippen molar-refractivity contribution >= 4 is 22.6 Å². The smallest absolute Gasteiger partial charge is 0.240 e. The van der Waals surface area contributed by atoms with Gasteiger partial charge >= 0.3 is 0 Å². The van der Waals surface area contributed by atoms with Gasteiger partial charge in [-0.1, -0.05) is 36.4 Å². The van der Waals surface area contributed by atoms with Crippen LogP contribution in [-0.2, 0) is 4.79 Å². The maximum Gasteiger partial charge on any atom is 0.240 e. The highest BCUT2D eigenvalue weighted by Crippen LogP contribution is 2.23. The topological polar surface area (TPSA) is 45.5 Å². The molecule has 4 nitrogen and oxygen atoms in total. The summed E-state index contributed by atoms with van der Waals surface area (Å²) in [5.74, 6) is 0.728. The highest BCUT2D eigenvalue weighted by molar-refractivity contribution is 5.82. The quantitative estimate of drug-likeness (QED) is 0.781. The lowest BCUT2D eigenvalue weighted by molar-refractivity contribution is -0.120. The highest BCUT2D eigenvalue weighted by atomic mass is 16.3. The number of fused-ring (bicyclic) bond motifs is 1. The molecule has 4 heteroatoms. The van der Waals surface area contributed by atoms with Crippen LogP contribution in [0.15, 0.2) is 65.1 Å². The van der Waals surface area contributed by atoms with E-state index in [1.165, 1.54) is 0 Å². The number of anilines is 1. The summed E-state index contributed by atoms with van der Waals surface area (Å²) in [7, 11) is 1.90. The predicted molar refractivity (Wildman–Crippen MR) is 92.5 cm³/mol. The average molecular weight is 308 g/mol. The standard InChI is InChI=1S/C19H20N2O2/c1-14(18-12-15-8-6-7-11-17(15)23-18)20-19(22)13-21(2)16-9-4-3-5-10-16/h3-12,14H,13H2,1-2H3,(H,20,22)/t14-/m0/s1. The van der Waals surface area contributed by atoms with Crippen LogP contribution in [0.25, 0.3) is 11.0 Å². The number of hydrogen-bond donors (Lipinski definition) is 1. The van der Waals surface area contributed by atoms with Gasteiger partial charge in [0.25, 0.3) is 0 Å². The zero-order chi connectivity index (χ0) is 16.2. The van der Waals surface area contributed by atoms with Gasteiger partial charge < -0.3 is 14.6 Å². The molecule has 0 spiro atoms. The molecule has 118 valence electrons. The van der Waals surface area contributed by atoms with Crippen LogP contribution in [0.5, 0.6) is 0 Å². The summed E-state index contributed by atoms with van der Waals surface area (Å²) in [6.45, 7) is 2.23. The summed E-state index contributed by atoms with van der Waals surface area (Å²) in [6.07, 6.45) is 0. The van der Waals surface area contributed by atoms with Crippen LogP contribution in [0.1, 0.15) is 18.7 Å². The molecule has 0 bridgehead atoms. The highest BCUT2D eigenvalue weighted by Gasteiger charge is 2.15. The van der Waals surface area contributed by atoms with Crippen molar-refractivity contribution in [1.29, 1.82) is 0 Å². The third-order valence-electron chi connectivity index (χ3n) is 3.83. The van der Waals surface area contributed by atoms with E-state index in [1.54, 1.807) is 0 Å². The second-order valence-electron chi connectivity index (χ2n) is 5.67. The van der Waals surface area contributed by atoms with Gasteiger partial charge in [0.15, 0.2) is 0 Å². The number of hydrogen-bond acceptors (Lipinski definition) is 3. The lowest BCUT2D eigenvalue weighted by Gasteiger charge is -2.20. The van der Waals surface area contributed by atoms with Crippen molar-refractivity contribution in [3.8, 4) is 0 Å². The van der Waals surface area contributed by atoms with Crippen LogP contribution in [0.4, 0.5) is 5.69 Å². The predicted octanol–water partition coefficient (Wildman–Crippen LogP) is 3.75. The number of nitrogens with zero attached hydrogens (tertiary/aromatic N) is 1. The minimum absolute atomic E-state index is 0.0377. The maximum atomic E-state index is 12.2. The molecule has 0 fully saturated rings. The van der Waals surface area contributed by atoms with E-state index in [9.17, 15) is 4.79 Å². The fourth-order valence-corrected chi connectivity index (χ4v) is 2.56. The van der Waals surface area contributed by atoms with Gasteiger partial charge in [-0.25, -0.2) is 0 Å². The van der Waals surface area contributed by atoms with E-state index in [0.717, 1.165) is 22.4 Å². The molecular formula is C19H20N2O2. The second-order valence-corrected chi connectivity index (χ2v) is 5.67. The molecule has 1 N–H and O–H groups in total. The van der Waals surface area contributed by atoms with Crippen LogP contribution >= 0.6 is 0 Å². The largest absolute Gasteiger partial charge is 0.459 e. The molecule has 2 aromatic carbocycles. The molecular weight excluding hydrogens is 288 g/mol. The van der Waals surface area contributed by atoms with Gasteiger partial charge in [0.2, 0.25) is 5.91 Å². The molecule has 3 aromatic rings. The van der Waals surface area contributed by atoms with Crippen LogP contribution in [0, 0.1) is 0 Å². The Kier molecular flexibility index (Phi) is 4.33. The first-order valence-corrected chi connectivity index (χ1v) is 7.67. The molecule has 0 radical (unpaired) electrons. The van der Waals surface area contributed by atoms with Gasteiger partial charge in [-0.05, 0) is 31.2 Å². The number of benzene rings is 2. The van der Waals surface area contributed by atoms with Crippen molar-refractivity contribution in [3.05, 3.63) is 66.4 Å². The number of amides is 1. The van der Waals surface area contributed by atoms with E-state index in [-0.39, 0.29) is 11.9 Å². The monoisotopic (exact) mass is 308 g/mol. The number of carbonyl (C=O) groups excluding carboxylic acids is 1. The van der Waals surface area contributed by atoms with E-state index in [1.807, 2.05) is 79.5 Å². The van der Waals surface area contributed by atoms with Gasteiger partial charge in [-0.15, -0.1) is 0 Å². The van der Waals surface area contributed by atoms with E-state index >= 15 is 0 Å². The Morgan fingerprint density at radius 3 is 2.57 bits per heavy atom. The van der Waals surface area contributed by atoms with Gasteiger partial charge in [0.05, 0.1) is 12.6 Å². The molecule has 0 aliphatic heterocycles. The van der Waals surface area contributed by atoms with Crippen molar-refractivity contribution in [3.63, 3.8) is 0 Å². The Hall–Kier alpha value is -2.75. The van der Waals surface area contributed by atoms with Crippen molar-refractivity contribution in [2.75, 3.05) is 18.5 Å². The molecule has 0 saturated heterocycles. The fraction of sp³-hybridized carbons (Fsp3) is 0.211. The number of rotatable bonds is 5. The number of likely N-dealkylation sites (N-methyl/N-ethyl adjacent to an activating group) is 1. The Bertz CT molecular complexity index is 762. The van der Waals surface area contributed by atoms with E-state index in [0.29, 0.717) is 6.54 Å². The SMILES string of the molecule is C[C@H](NC(=O)CN(C)c1ccccc1)c1cc2ccccc2o1. The summed E-state index contributed by atoms with van der Waals surface area (Å²) in [6, 6.07) is 19.5. The molecule has 1 heterocycles. The first-order valence-electron chi connectivity index (χ1n) is 7.67. The number of nitrogens with one attached hydrogen (secondary N) is 1. The lowest BCUT2D eigenvalue weighted by atomic mass is 10.2. The van der Waals surface area contributed by atoms with E-state index in [4.69, 9.17) is 4.42 Å². The zero-order valence-electron chi connectivity index (χ0n) is 13.3.